The zero-order chi connectivity index (χ0) is 13.2. The fourth-order valence-electron chi connectivity index (χ4n) is 2.84. The van der Waals surface area contributed by atoms with Crippen molar-refractivity contribution in [2.24, 2.45) is 0 Å². The molecule has 3 heteroatoms. The van der Waals surface area contributed by atoms with Crippen molar-refractivity contribution in [2.45, 2.75) is 64.2 Å². The molecule has 0 aliphatic heterocycles. The van der Waals surface area contributed by atoms with Gasteiger partial charge in [0.25, 0.3) is 0 Å². The Morgan fingerprint density at radius 1 is 1.06 bits per heavy atom. The zero-order valence-corrected chi connectivity index (χ0v) is 13.4. The molecule has 0 radical (unpaired) electrons. The SMILES string of the molecule is CCNC1CCCCCC1SCCN(CC)CC. The monoisotopic (exact) mass is 272 g/mol. The van der Waals surface area contributed by atoms with Crippen molar-refractivity contribution in [3.8, 4) is 0 Å². The number of hydrogen-bond donors (Lipinski definition) is 1. The smallest absolute Gasteiger partial charge is 0.0201 e. The van der Waals surface area contributed by atoms with E-state index in [1.807, 2.05) is 0 Å². The van der Waals surface area contributed by atoms with Crippen molar-refractivity contribution in [1.29, 1.82) is 0 Å². The summed E-state index contributed by atoms with van der Waals surface area (Å²) in [6.45, 7) is 11.5. The maximum absolute atomic E-state index is 3.71. The molecule has 0 aromatic rings. The van der Waals surface area contributed by atoms with Crippen molar-refractivity contribution in [1.82, 2.24) is 10.2 Å². The van der Waals surface area contributed by atoms with Gasteiger partial charge in [0.15, 0.2) is 0 Å². The van der Waals surface area contributed by atoms with E-state index in [2.05, 4.69) is 42.7 Å². The highest BCUT2D eigenvalue weighted by atomic mass is 32.2. The van der Waals surface area contributed by atoms with Crippen LogP contribution < -0.4 is 5.32 Å². The van der Waals surface area contributed by atoms with Crippen LogP contribution in [-0.4, -0.2) is 48.1 Å². The fourth-order valence-corrected chi connectivity index (χ4v) is 4.31. The van der Waals surface area contributed by atoms with Gasteiger partial charge < -0.3 is 10.2 Å². The van der Waals surface area contributed by atoms with Crippen LogP contribution in [0.25, 0.3) is 0 Å². The second-order valence-corrected chi connectivity index (χ2v) is 6.59. The highest BCUT2D eigenvalue weighted by Gasteiger charge is 2.23. The van der Waals surface area contributed by atoms with E-state index < -0.39 is 0 Å². The number of nitrogens with zero attached hydrogens (tertiary/aromatic N) is 1. The van der Waals surface area contributed by atoms with E-state index in [0.717, 1.165) is 17.8 Å². The Morgan fingerprint density at radius 3 is 2.44 bits per heavy atom. The first-order valence-corrected chi connectivity index (χ1v) is 8.94. The lowest BCUT2D eigenvalue weighted by atomic mass is 10.1. The van der Waals surface area contributed by atoms with E-state index in [4.69, 9.17) is 0 Å². The minimum Gasteiger partial charge on any atom is -0.313 e. The molecule has 0 aromatic heterocycles. The Hall–Kier alpha value is 0.270. The van der Waals surface area contributed by atoms with Crippen LogP contribution in [0.1, 0.15) is 52.9 Å². The maximum Gasteiger partial charge on any atom is 0.0201 e. The molecule has 1 fully saturated rings. The fraction of sp³-hybridized carbons (Fsp3) is 1.00. The molecular weight excluding hydrogens is 240 g/mol. The second kappa shape index (κ2) is 10.1. The standard InChI is InChI=1S/C15H32N2S/c1-4-16-14-10-8-7-9-11-15(14)18-13-12-17(5-2)6-3/h14-16H,4-13H2,1-3H3. The highest BCUT2D eigenvalue weighted by Crippen LogP contribution is 2.27. The van der Waals surface area contributed by atoms with Gasteiger partial charge in [-0.25, -0.2) is 0 Å². The van der Waals surface area contributed by atoms with E-state index in [9.17, 15) is 0 Å². The topological polar surface area (TPSA) is 15.3 Å². The number of thioether (sulfide) groups is 1. The first kappa shape index (κ1) is 16.3. The van der Waals surface area contributed by atoms with E-state index in [1.165, 1.54) is 57.5 Å². The van der Waals surface area contributed by atoms with Crippen LogP contribution >= 0.6 is 11.8 Å². The quantitative estimate of drug-likeness (QED) is 0.682. The number of nitrogens with one attached hydrogen (secondary N) is 1. The molecule has 1 saturated carbocycles. The average molecular weight is 273 g/mol. The first-order valence-electron chi connectivity index (χ1n) is 7.89. The minimum atomic E-state index is 0.763. The van der Waals surface area contributed by atoms with Crippen molar-refractivity contribution in [2.75, 3.05) is 31.9 Å². The Kier molecular flexibility index (Phi) is 9.16. The molecule has 18 heavy (non-hydrogen) atoms. The molecule has 108 valence electrons. The predicted octanol–water partition coefficient (Wildman–Crippen LogP) is 3.37. The summed E-state index contributed by atoms with van der Waals surface area (Å²) in [6.07, 6.45) is 7.10. The third-order valence-corrected chi connectivity index (χ3v) is 5.46. The van der Waals surface area contributed by atoms with Crippen molar-refractivity contribution in [3.05, 3.63) is 0 Å². The van der Waals surface area contributed by atoms with Crippen LogP contribution in [0.4, 0.5) is 0 Å². The molecule has 0 spiro atoms. The molecule has 2 unspecified atom stereocenters. The van der Waals surface area contributed by atoms with Crippen LogP contribution in [0.3, 0.4) is 0 Å². The molecule has 1 aliphatic carbocycles. The van der Waals surface area contributed by atoms with Crippen molar-refractivity contribution < 1.29 is 0 Å². The Morgan fingerprint density at radius 2 is 1.78 bits per heavy atom. The van der Waals surface area contributed by atoms with Gasteiger partial charge in [-0.15, -0.1) is 0 Å². The summed E-state index contributed by atoms with van der Waals surface area (Å²) in [7, 11) is 0. The van der Waals surface area contributed by atoms with Gasteiger partial charge in [0, 0.05) is 23.6 Å². The largest absolute Gasteiger partial charge is 0.313 e. The molecule has 0 aromatic carbocycles. The summed E-state index contributed by atoms with van der Waals surface area (Å²) in [4.78, 5) is 2.53. The molecule has 1 rings (SSSR count). The first-order chi connectivity index (χ1) is 8.81. The van der Waals surface area contributed by atoms with Crippen LogP contribution in [0.2, 0.25) is 0 Å². The van der Waals surface area contributed by atoms with E-state index in [0.29, 0.717) is 0 Å². The van der Waals surface area contributed by atoms with Crippen molar-refractivity contribution in [3.63, 3.8) is 0 Å². The molecule has 0 amide bonds. The van der Waals surface area contributed by atoms with Crippen LogP contribution in [0.5, 0.6) is 0 Å². The third kappa shape index (κ3) is 5.94. The zero-order valence-electron chi connectivity index (χ0n) is 12.6. The predicted molar refractivity (Wildman–Crippen MR) is 84.6 cm³/mol. The molecule has 1 aliphatic rings. The minimum absolute atomic E-state index is 0.763. The molecule has 0 saturated heterocycles. The summed E-state index contributed by atoms with van der Waals surface area (Å²) in [5.74, 6) is 1.30. The van der Waals surface area contributed by atoms with E-state index in [1.54, 1.807) is 0 Å². The highest BCUT2D eigenvalue weighted by molar-refractivity contribution is 8.00. The van der Waals surface area contributed by atoms with Gasteiger partial charge in [-0.2, -0.15) is 11.8 Å². The van der Waals surface area contributed by atoms with Gasteiger partial charge in [0.05, 0.1) is 0 Å². The van der Waals surface area contributed by atoms with Crippen LogP contribution in [0.15, 0.2) is 0 Å². The third-order valence-electron chi connectivity index (χ3n) is 4.05. The lowest BCUT2D eigenvalue weighted by Gasteiger charge is -2.26. The molecule has 0 bridgehead atoms. The second-order valence-electron chi connectivity index (χ2n) is 5.24. The lowest BCUT2D eigenvalue weighted by Crippen LogP contribution is -2.38. The van der Waals surface area contributed by atoms with Gasteiger partial charge in [-0.3, -0.25) is 0 Å². The summed E-state index contributed by atoms with van der Waals surface area (Å²) < 4.78 is 0. The van der Waals surface area contributed by atoms with Gasteiger partial charge >= 0.3 is 0 Å². The normalized spacial score (nSPS) is 25.3. The Bertz CT molecular complexity index is 195. The van der Waals surface area contributed by atoms with Gasteiger partial charge in [0.2, 0.25) is 0 Å². The molecule has 2 atom stereocenters. The molecule has 2 nitrogen and oxygen atoms in total. The average Bonchev–Trinajstić information content (AvgIpc) is 2.61. The maximum atomic E-state index is 3.71. The summed E-state index contributed by atoms with van der Waals surface area (Å²) in [6, 6.07) is 0.763. The molecule has 0 heterocycles. The van der Waals surface area contributed by atoms with Gasteiger partial charge in [-0.1, -0.05) is 40.0 Å². The Balaban J connectivity index is 2.31. The van der Waals surface area contributed by atoms with Crippen LogP contribution in [0, 0.1) is 0 Å². The van der Waals surface area contributed by atoms with Crippen LogP contribution in [-0.2, 0) is 0 Å². The van der Waals surface area contributed by atoms with E-state index >= 15 is 0 Å². The van der Waals surface area contributed by atoms with Gasteiger partial charge in [0.1, 0.15) is 0 Å². The number of hydrogen-bond acceptors (Lipinski definition) is 3. The molecular formula is C15H32N2S. The summed E-state index contributed by atoms with van der Waals surface area (Å²) in [5.41, 5.74) is 0. The van der Waals surface area contributed by atoms with Gasteiger partial charge in [-0.05, 0) is 32.5 Å². The summed E-state index contributed by atoms with van der Waals surface area (Å²) in [5, 5.41) is 4.56. The van der Waals surface area contributed by atoms with E-state index in [-0.39, 0.29) is 0 Å². The molecule has 1 N–H and O–H groups in total. The Labute approximate surface area is 118 Å². The lowest BCUT2D eigenvalue weighted by molar-refractivity contribution is 0.323. The summed E-state index contributed by atoms with van der Waals surface area (Å²) >= 11 is 2.21. The number of rotatable bonds is 8. The van der Waals surface area contributed by atoms with Crippen molar-refractivity contribution >= 4 is 11.8 Å².